The summed E-state index contributed by atoms with van der Waals surface area (Å²) in [5, 5.41) is 5.45. The summed E-state index contributed by atoms with van der Waals surface area (Å²) in [5.41, 5.74) is 1.22. The largest absolute Gasteiger partial charge is 0.370 e. The van der Waals surface area contributed by atoms with Crippen molar-refractivity contribution in [3.8, 4) is 0 Å². The summed E-state index contributed by atoms with van der Waals surface area (Å²) in [6.45, 7) is 4.60. The number of carbonyl (C=O) groups is 1. The van der Waals surface area contributed by atoms with Gasteiger partial charge in [0.1, 0.15) is 0 Å². The average Bonchev–Trinajstić information content (AvgIpc) is 2.83. The second-order valence-electron chi connectivity index (χ2n) is 4.86. The van der Waals surface area contributed by atoms with Gasteiger partial charge in [-0.2, -0.15) is 0 Å². The van der Waals surface area contributed by atoms with Crippen LogP contribution in [0.2, 0.25) is 0 Å². The molecule has 0 aromatic heterocycles. The molecule has 1 aromatic carbocycles. The second-order valence-corrected chi connectivity index (χ2v) is 4.86. The highest BCUT2D eigenvalue weighted by molar-refractivity contribution is 5.88. The zero-order valence-corrected chi connectivity index (χ0v) is 10.6. The molecule has 1 unspecified atom stereocenters. The van der Waals surface area contributed by atoms with Crippen molar-refractivity contribution < 1.29 is 4.79 Å². The first-order valence-electron chi connectivity index (χ1n) is 6.63. The fourth-order valence-corrected chi connectivity index (χ4v) is 2.98. The Balaban J connectivity index is 2.12. The van der Waals surface area contributed by atoms with Gasteiger partial charge >= 0.3 is 0 Å². The maximum absolute atomic E-state index is 12.1. The van der Waals surface area contributed by atoms with Crippen LogP contribution >= 0.6 is 0 Å². The van der Waals surface area contributed by atoms with Gasteiger partial charge in [0.15, 0.2) is 0 Å². The van der Waals surface area contributed by atoms with E-state index in [9.17, 15) is 4.79 Å². The van der Waals surface area contributed by atoms with Crippen LogP contribution in [0.4, 0.5) is 0 Å². The third kappa shape index (κ3) is 1.70. The van der Waals surface area contributed by atoms with E-state index >= 15 is 0 Å². The lowest BCUT2D eigenvalue weighted by Gasteiger charge is -2.24. The van der Waals surface area contributed by atoms with Crippen LogP contribution < -0.4 is 15.8 Å². The predicted octanol–water partition coefficient (Wildman–Crippen LogP) is 0.0469. The van der Waals surface area contributed by atoms with Crippen molar-refractivity contribution >= 4 is 17.7 Å². The van der Waals surface area contributed by atoms with Gasteiger partial charge in [-0.25, -0.2) is 0 Å². The number of fused-ring (bicyclic) bond motifs is 2. The number of hydrogen-bond donors (Lipinski definition) is 1. The van der Waals surface area contributed by atoms with Gasteiger partial charge in [0.25, 0.3) is 0 Å². The van der Waals surface area contributed by atoms with Crippen molar-refractivity contribution in [2.24, 2.45) is 5.92 Å². The van der Waals surface area contributed by atoms with Gasteiger partial charge < -0.3 is 10.2 Å². The SMILES string of the molecule is CCNC(=O)C1CCN2CC=c3ccccc3=C12. The molecule has 1 N–H and O–H groups in total. The van der Waals surface area contributed by atoms with Crippen LogP contribution in [0.25, 0.3) is 11.8 Å². The first-order valence-corrected chi connectivity index (χ1v) is 6.63. The Morgan fingerprint density at radius 3 is 3.11 bits per heavy atom. The number of hydrogen-bond acceptors (Lipinski definition) is 2. The fourth-order valence-electron chi connectivity index (χ4n) is 2.98. The van der Waals surface area contributed by atoms with Gasteiger partial charge in [-0.3, -0.25) is 4.79 Å². The molecule has 1 amide bonds. The molecule has 2 aliphatic heterocycles. The predicted molar refractivity (Wildman–Crippen MR) is 71.9 cm³/mol. The fraction of sp³-hybridized carbons (Fsp3) is 0.400. The lowest BCUT2D eigenvalue weighted by molar-refractivity contribution is -0.123. The van der Waals surface area contributed by atoms with Crippen molar-refractivity contribution in [1.82, 2.24) is 10.2 Å². The normalized spacial score (nSPS) is 21.1. The summed E-state index contributed by atoms with van der Waals surface area (Å²) < 4.78 is 0. The van der Waals surface area contributed by atoms with Gasteiger partial charge in [-0.1, -0.05) is 30.3 Å². The van der Waals surface area contributed by atoms with Crippen molar-refractivity contribution in [3.05, 3.63) is 34.7 Å². The first kappa shape index (κ1) is 11.3. The summed E-state index contributed by atoms with van der Waals surface area (Å²) in [5.74, 6) is 0.200. The summed E-state index contributed by atoms with van der Waals surface area (Å²) in [4.78, 5) is 14.5. The molecule has 1 atom stereocenters. The quantitative estimate of drug-likeness (QED) is 0.794. The molecule has 1 saturated heterocycles. The highest BCUT2D eigenvalue weighted by atomic mass is 16.1. The van der Waals surface area contributed by atoms with Gasteiger partial charge in [0.05, 0.1) is 5.92 Å². The molecule has 0 bridgehead atoms. The highest BCUT2D eigenvalue weighted by Gasteiger charge is 2.33. The van der Waals surface area contributed by atoms with E-state index in [1.54, 1.807) is 0 Å². The smallest absolute Gasteiger partial charge is 0.229 e. The van der Waals surface area contributed by atoms with Crippen LogP contribution in [0.15, 0.2) is 24.3 Å². The van der Waals surface area contributed by atoms with Gasteiger partial charge in [-0.05, 0) is 18.6 Å². The molecule has 1 fully saturated rings. The van der Waals surface area contributed by atoms with Crippen LogP contribution in [0.3, 0.4) is 0 Å². The molecule has 2 aliphatic rings. The minimum absolute atomic E-state index is 0.0276. The molecule has 94 valence electrons. The lowest BCUT2D eigenvalue weighted by Crippen LogP contribution is -2.41. The molecule has 3 rings (SSSR count). The third-order valence-corrected chi connectivity index (χ3v) is 3.79. The van der Waals surface area contributed by atoms with E-state index in [0.29, 0.717) is 6.54 Å². The lowest BCUT2D eigenvalue weighted by atomic mass is 10.00. The molecule has 3 heteroatoms. The van der Waals surface area contributed by atoms with E-state index in [-0.39, 0.29) is 11.8 Å². The molecule has 0 aliphatic carbocycles. The number of rotatable bonds is 2. The van der Waals surface area contributed by atoms with E-state index in [1.807, 2.05) is 6.92 Å². The van der Waals surface area contributed by atoms with E-state index in [0.717, 1.165) is 19.5 Å². The Kier molecular flexibility index (Phi) is 2.82. The summed E-state index contributed by atoms with van der Waals surface area (Å²) >= 11 is 0. The summed E-state index contributed by atoms with van der Waals surface area (Å²) in [7, 11) is 0. The first-order chi connectivity index (χ1) is 8.81. The van der Waals surface area contributed by atoms with Crippen LogP contribution in [0, 0.1) is 5.92 Å². The minimum Gasteiger partial charge on any atom is -0.370 e. The zero-order valence-electron chi connectivity index (χ0n) is 10.6. The van der Waals surface area contributed by atoms with Crippen molar-refractivity contribution in [1.29, 1.82) is 0 Å². The van der Waals surface area contributed by atoms with E-state index < -0.39 is 0 Å². The van der Waals surface area contributed by atoms with Crippen molar-refractivity contribution in [2.75, 3.05) is 19.6 Å². The monoisotopic (exact) mass is 242 g/mol. The Morgan fingerprint density at radius 1 is 1.44 bits per heavy atom. The van der Waals surface area contributed by atoms with Crippen LogP contribution in [-0.2, 0) is 4.79 Å². The number of nitrogens with zero attached hydrogens (tertiary/aromatic N) is 1. The number of carbonyl (C=O) groups excluding carboxylic acids is 1. The molecule has 0 spiro atoms. The summed E-state index contributed by atoms with van der Waals surface area (Å²) in [6.07, 6.45) is 3.18. The maximum Gasteiger partial charge on any atom is 0.229 e. The Bertz CT molecular complexity index is 591. The number of benzene rings is 1. The van der Waals surface area contributed by atoms with Gasteiger partial charge in [0, 0.05) is 30.5 Å². The molecule has 1 aromatic rings. The number of nitrogens with one attached hydrogen (secondary N) is 1. The topological polar surface area (TPSA) is 32.3 Å². The van der Waals surface area contributed by atoms with E-state index in [4.69, 9.17) is 0 Å². The van der Waals surface area contributed by atoms with E-state index in [1.165, 1.54) is 16.1 Å². The van der Waals surface area contributed by atoms with Crippen LogP contribution in [0.5, 0.6) is 0 Å². The van der Waals surface area contributed by atoms with Gasteiger partial charge in [-0.15, -0.1) is 0 Å². The van der Waals surface area contributed by atoms with Gasteiger partial charge in [0.2, 0.25) is 5.91 Å². The summed E-state index contributed by atoms with van der Waals surface area (Å²) in [6, 6.07) is 8.37. The highest BCUT2D eigenvalue weighted by Crippen LogP contribution is 2.28. The molecule has 2 heterocycles. The molecular formula is C15H18N2O. The molecule has 18 heavy (non-hydrogen) atoms. The van der Waals surface area contributed by atoms with Crippen LogP contribution in [0.1, 0.15) is 13.3 Å². The average molecular weight is 242 g/mol. The third-order valence-electron chi connectivity index (χ3n) is 3.79. The zero-order chi connectivity index (χ0) is 12.5. The maximum atomic E-state index is 12.1. The minimum atomic E-state index is 0.0276. The second kappa shape index (κ2) is 4.48. The Morgan fingerprint density at radius 2 is 2.28 bits per heavy atom. The van der Waals surface area contributed by atoms with Crippen molar-refractivity contribution in [3.63, 3.8) is 0 Å². The number of amides is 1. The molecule has 0 saturated carbocycles. The Hall–Kier alpha value is -1.77. The molecular weight excluding hydrogens is 224 g/mol. The van der Waals surface area contributed by atoms with Crippen LogP contribution in [-0.4, -0.2) is 30.4 Å². The van der Waals surface area contributed by atoms with E-state index in [2.05, 4.69) is 40.6 Å². The molecule has 3 nitrogen and oxygen atoms in total. The molecule has 0 radical (unpaired) electrons. The van der Waals surface area contributed by atoms with Crippen molar-refractivity contribution in [2.45, 2.75) is 13.3 Å². The Labute approximate surface area is 107 Å². The standard InChI is InChI=1S/C15H18N2O/c1-2-16-15(18)13-8-10-17-9-7-11-5-3-4-6-12(11)14(13)17/h3-7,13H,2,8-10H2,1H3,(H,16,18).